The topological polar surface area (TPSA) is 90.9 Å². The van der Waals surface area contributed by atoms with E-state index in [4.69, 9.17) is 4.42 Å². The van der Waals surface area contributed by atoms with Crippen molar-refractivity contribution >= 4 is 11.0 Å². The van der Waals surface area contributed by atoms with E-state index in [9.17, 15) is 20.1 Å². The van der Waals surface area contributed by atoms with Crippen molar-refractivity contribution in [2.75, 3.05) is 0 Å². The Balaban J connectivity index is 2.11. The first-order chi connectivity index (χ1) is 14.3. The molecule has 0 radical (unpaired) electrons. The van der Waals surface area contributed by atoms with Crippen molar-refractivity contribution in [1.82, 2.24) is 0 Å². The quantitative estimate of drug-likeness (QED) is 0.449. The van der Waals surface area contributed by atoms with Crippen LogP contribution in [0, 0.1) is 0 Å². The second-order valence-electron chi connectivity index (χ2n) is 7.70. The fourth-order valence-corrected chi connectivity index (χ4v) is 3.30. The lowest BCUT2D eigenvalue weighted by Gasteiger charge is -2.11. The zero-order valence-corrected chi connectivity index (χ0v) is 17.4. The van der Waals surface area contributed by atoms with Crippen LogP contribution >= 0.6 is 0 Å². The minimum absolute atomic E-state index is 0.0192. The number of allylic oxidation sites excluding steroid dienone is 4. The SMILES string of the molecule is CC(C)=CCC/C(C)=C/Cc1c(-c2ccc(O)cc2O)oc2cc(O)ccc2c1=O. The van der Waals surface area contributed by atoms with E-state index in [2.05, 4.69) is 19.9 Å². The molecule has 0 aliphatic heterocycles. The van der Waals surface area contributed by atoms with Gasteiger partial charge < -0.3 is 19.7 Å². The molecule has 1 aromatic heterocycles. The van der Waals surface area contributed by atoms with E-state index in [-0.39, 0.29) is 34.0 Å². The predicted molar refractivity (Wildman–Crippen MR) is 119 cm³/mol. The lowest BCUT2D eigenvalue weighted by Crippen LogP contribution is -2.11. The van der Waals surface area contributed by atoms with Crippen molar-refractivity contribution in [2.24, 2.45) is 0 Å². The zero-order chi connectivity index (χ0) is 21.8. The summed E-state index contributed by atoms with van der Waals surface area (Å²) in [4.78, 5) is 13.2. The Bertz CT molecular complexity index is 1190. The first-order valence-corrected chi connectivity index (χ1v) is 9.86. The molecule has 3 N–H and O–H groups in total. The molecule has 5 nitrogen and oxygen atoms in total. The molecule has 0 unspecified atom stereocenters. The Hall–Kier alpha value is -3.47. The van der Waals surface area contributed by atoms with Crippen molar-refractivity contribution in [1.29, 1.82) is 0 Å². The molecule has 156 valence electrons. The summed E-state index contributed by atoms with van der Waals surface area (Å²) in [5.41, 5.74) is 3.16. The van der Waals surface area contributed by atoms with E-state index in [0.717, 1.165) is 18.4 Å². The predicted octanol–water partition coefficient (Wildman–Crippen LogP) is 5.81. The van der Waals surface area contributed by atoms with E-state index in [1.54, 1.807) is 0 Å². The number of hydrogen-bond donors (Lipinski definition) is 3. The molecule has 0 amide bonds. The van der Waals surface area contributed by atoms with Gasteiger partial charge >= 0.3 is 0 Å². The monoisotopic (exact) mass is 406 g/mol. The molecule has 0 fully saturated rings. The van der Waals surface area contributed by atoms with Gasteiger partial charge in [-0.25, -0.2) is 0 Å². The van der Waals surface area contributed by atoms with E-state index in [0.29, 0.717) is 22.9 Å². The highest BCUT2D eigenvalue weighted by Gasteiger charge is 2.18. The van der Waals surface area contributed by atoms with E-state index >= 15 is 0 Å². The van der Waals surface area contributed by atoms with E-state index < -0.39 is 0 Å². The largest absolute Gasteiger partial charge is 0.508 e. The molecular weight excluding hydrogens is 380 g/mol. The summed E-state index contributed by atoms with van der Waals surface area (Å²) in [6.45, 7) is 6.15. The third kappa shape index (κ3) is 4.74. The molecule has 0 spiro atoms. The molecule has 3 rings (SSSR count). The average Bonchev–Trinajstić information content (AvgIpc) is 2.66. The van der Waals surface area contributed by atoms with Gasteiger partial charge in [-0.3, -0.25) is 4.79 Å². The van der Waals surface area contributed by atoms with Gasteiger partial charge in [-0.15, -0.1) is 0 Å². The number of hydrogen-bond acceptors (Lipinski definition) is 5. The Morgan fingerprint density at radius 2 is 1.67 bits per heavy atom. The number of phenolic OH excluding ortho intramolecular Hbond substituents is 3. The van der Waals surface area contributed by atoms with Crippen LogP contribution in [-0.4, -0.2) is 15.3 Å². The number of aromatic hydroxyl groups is 3. The Kier molecular flexibility index (Phi) is 6.31. The van der Waals surface area contributed by atoms with Crippen LogP contribution in [0.3, 0.4) is 0 Å². The van der Waals surface area contributed by atoms with Gasteiger partial charge in [0.25, 0.3) is 0 Å². The first kappa shape index (κ1) is 21.2. The average molecular weight is 406 g/mol. The fraction of sp³-hybridized carbons (Fsp3) is 0.240. The third-order valence-corrected chi connectivity index (χ3v) is 4.94. The van der Waals surface area contributed by atoms with Gasteiger partial charge in [-0.1, -0.05) is 23.3 Å². The number of benzene rings is 2. The summed E-state index contributed by atoms with van der Waals surface area (Å²) < 4.78 is 5.97. The fourth-order valence-electron chi connectivity index (χ4n) is 3.30. The number of rotatable bonds is 6. The summed E-state index contributed by atoms with van der Waals surface area (Å²) in [6.07, 6.45) is 6.33. The van der Waals surface area contributed by atoms with Crippen LogP contribution in [0.4, 0.5) is 0 Å². The maximum Gasteiger partial charge on any atom is 0.196 e. The molecule has 0 aliphatic rings. The zero-order valence-electron chi connectivity index (χ0n) is 17.4. The number of phenols is 3. The van der Waals surface area contributed by atoms with Crippen molar-refractivity contribution in [3.8, 4) is 28.6 Å². The summed E-state index contributed by atoms with van der Waals surface area (Å²) in [5.74, 6) is -0.0741. The van der Waals surface area contributed by atoms with Crippen LogP contribution in [0.5, 0.6) is 17.2 Å². The molecule has 30 heavy (non-hydrogen) atoms. The summed E-state index contributed by atoms with van der Waals surface area (Å²) >= 11 is 0. The van der Waals surface area contributed by atoms with Crippen molar-refractivity contribution in [3.63, 3.8) is 0 Å². The Labute approximate surface area is 175 Å². The van der Waals surface area contributed by atoms with Gasteiger partial charge in [-0.2, -0.15) is 0 Å². The second kappa shape index (κ2) is 8.91. The van der Waals surface area contributed by atoms with Crippen LogP contribution in [-0.2, 0) is 6.42 Å². The van der Waals surface area contributed by atoms with Crippen molar-refractivity contribution < 1.29 is 19.7 Å². The molecule has 3 aromatic rings. The highest BCUT2D eigenvalue weighted by molar-refractivity contribution is 5.82. The molecular formula is C25H26O5. The standard InChI is InChI=1S/C25H26O5/c1-15(2)5-4-6-16(3)7-10-21-24(29)20-12-9-18(27)14-23(20)30-25(21)19-11-8-17(26)13-22(19)28/h5,7-9,11-14,26-28H,4,6,10H2,1-3H3/b16-7+. The van der Waals surface area contributed by atoms with Crippen LogP contribution in [0.15, 0.2) is 68.9 Å². The lowest BCUT2D eigenvalue weighted by atomic mass is 9.99. The van der Waals surface area contributed by atoms with Crippen LogP contribution in [0.2, 0.25) is 0 Å². The molecule has 0 saturated heterocycles. The van der Waals surface area contributed by atoms with E-state index in [1.165, 1.54) is 42.0 Å². The molecule has 0 aliphatic carbocycles. The van der Waals surface area contributed by atoms with Crippen molar-refractivity contribution in [3.05, 3.63) is 75.5 Å². The minimum atomic E-state index is -0.216. The first-order valence-electron chi connectivity index (χ1n) is 9.86. The lowest BCUT2D eigenvalue weighted by molar-refractivity contribution is 0.450. The maximum absolute atomic E-state index is 13.2. The molecule has 2 aromatic carbocycles. The van der Waals surface area contributed by atoms with Crippen molar-refractivity contribution in [2.45, 2.75) is 40.0 Å². The molecule has 5 heteroatoms. The molecule has 0 saturated carbocycles. The molecule has 1 heterocycles. The summed E-state index contributed by atoms with van der Waals surface area (Å²) in [5, 5.41) is 30.1. The van der Waals surface area contributed by atoms with Gasteiger partial charge in [0.1, 0.15) is 28.6 Å². The molecule has 0 atom stereocenters. The van der Waals surface area contributed by atoms with Gasteiger partial charge in [-0.05, 0) is 64.3 Å². The summed E-state index contributed by atoms with van der Waals surface area (Å²) in [7, 11) is 0. The summed E-state index contributed by atoms with van der Waals surface area (Å²) in [6, 6.07) is 8.49. The van der Waals surface area contributed by atoms with E-state index in [1.807, 2.05) is 13.0 Å². The normalized spacial score (nSPS) is 11.6. The van der Waals surface area contributed by atoms with Gasteiger partial charge in [0.05, 0.1) is 10.9 Å². The second-order valence-corrected chi connectivity index (χ2v) is 7.70. The Morgan fingerprint density at radius 1 is 0.967 bits per heavy atom. The van der Waals surface area contributed by atoms with Gasteiger partial charge in [0.2, 0.25) is 0 Å². The molecule has 0 bridgehead atoms. The minimum Gasteiger partial charge on any atom is -0.508 e. The maximum atomic E-state index is 13.2. The smallest absolute Gasteiger partial charge is 0.196 e. The van der Waals surface area contributed by atoms with Crippen LogP contribution in [0.25, 0.3) is 22.3 Å². The van der Waals surface area contributed by atoms with Crippen LogP contribution < -0.4 is 5.43 Å². The van der Waals surface area contributed by atoms with Gasteiger partial charge in [0.15, 0.2) is 5.43 Å². The Morgan fingerprint density at radius 3 is 2.37 bits per heavy atom. The number of fused-ring (bicyclic) bond motifs is 1. The van der Waals surface area contributed by atoms with Gasteiger partial charge in [0, 0.05) is 17.7 Å². The third-order valence-electron chi connectivity index (χ3n) is 4.94. The highest BCUT2D eigenvalue weighted by Crippen LogP contribution is 2.35. The highest BCUT2D eigenvalue weighted by atomic mass is 16.3. The van der Waals surface area contributed by atoms with Crippen LogP contribution in [0.1, 0.15) is 39.2 Å².